The highest BCUT2D eigenvalue weighted by Crippen LogP contribution is 2.33. The fourth-order valence-corrected chi connectivity index (χ4v) is 9.86. The zero-order valence-corrected chi connectivity index (χ0v) is 38.5. The highest BCUT2D eigenvalue weighted by atomic mass is 16.5. The summed E-state index contributed by atoms with van der Waals surface area (Å²) >= 11 is 0. The molecule has 1 aromatic heterocycles. The second kappa shape index (κ2) is 21.8. The van der Waals surface area contributed by atoms with E-state index in [1.807, 2.05) is 61.0 Å². The maximum Gasteiger partial charge on any atom is 0.323 e. The van der Waals surface area contributed by atoms with E-state index in [-0.39, 0.29) is 61.6 Å². The van der Waals surface area contributed by atoms with Gasteiger partial charge < -0.3 is 29.9 Å². The Kier molecular flexibility index (Phi) is 16.1. The molecule has 3 aromatic rings. The van der Waals surface area contributed by atoms with Gasteiger partial charge in [-0.3, -0.25) is 28.9 Å². The Morgan fingerprint density at radius 3 is 2.34 bits per heavy atom. The maximum absolute atomic E-state index is 14.5. The van der Waals surface area contributed by atoms with Crippen LogP contribution < -0.4 is 5.73 Å². The smallest absolute Gasteiger partial charge is 0.323 e. The van der Waals surface area contributed by atoms with E-state index in [0.717, 1.165) is 90.6 Å². The lowest BCUT2D eigenvalue weighted by atomic mass is 9.80. The molecule has 1 aliphatic carbocycles. The summed E-state index contributed by atoms with van der Waals surface area (Å²) in [5.74, 6) is -0.944. The van der Waals surface area contributed by atoms with Crippen molar-refractivity contribution in [3.05, 3.63) is 70.4 Å². The molecule has 2 N–H and O–H groups in total. The molecule has 3 saturated heterocycles. The van der Waals surface area contributed by atoms with Crippen molar-refractivity contribution < 1.29 is 33.4 Å². The minimum atomic E-state index is -0.633. The third-order valence-electron chi connectivity index (χ3n) is 13.9. The first kappa shape index (κ1) is 47.1. The number of amides is 2. The quantitative estimate of drug-likeness (QED) is 0.141. The fourth-order valence-electron chi connectivity index (χ4n) is 9.86. The van der Waals surface area contributed by atoms with Crippen LogP contribution in [-0.2, 0) is 53.0 Å². The van der Waals surface area contributed by atoms with Crippen LogP contribution in [0.4, 0.5) is 0 Å². The number of ether oxygens (including phenoxy) is 2. The van der Waals surface area contributed by atoms with E-state index >= 15 is 0 Å². The number of hydrogen-bond donors (Lipinski definition) is 1. The number of nitrogens with two attached hydrogens (primary N) is 1. The predicted molar refractivity (Wildman–Crippen MR) is 246 cm³/mol. The number of likely N-dealkylation sites (tertiary alicyclic amines) is 2. The number of esters is 2. The van der Waals surface area contributed by atoms with Crippen LogP contribution in [0.1, 0.15) is 93.9 Å². The molecule has 0 saturated carbocycles. The minimum Gasteiger partial charge on any atom is -0.465 e. The summed E-state index contributed by atoms with van der Waals surface area (Å²) in [6.45, 7) is 12.3. The molecule has 2 aromatic carbocycles. The molecule has 2 atom stereocenters. The molecule has 64 heavy (non-hydrogen) atoms. The second-order valence-electron chi connectivity index (χ2n) is 19.0. The van der Waals surface area contributed by atoms with Crippen LogP contribution >= 0.6 is 0 Å². The number of fused-ring (bicyclic) bond motifs is 2. The number of carbonyl (C=O) groups is 5. The Morgan fingerprint density at radius 1 is 0.875 bits per heavy atom. The number of benzene rings is 2. The molecular weight excluding hydrogens is 811 g/mol. The minimum absolute atomic E-state index is 0.0107. The lowest BCUT2D eigenvalue weighted by molar-refractivity contribution is -0.149. The number of aromatic nitrogens is 2. The molecule has 4 heterocycles. The normalized spacial score (nSPS) is 19.1. The lowest BCUT2D eigenvalue weighted by Crippen LogP contribution is -2.55. The number of hydrogen-bond acceptors (Lipinski definition) is 11. The van der Waals surface area contributed by atoms with Crippen molar-refractivity contribution >= 4 is 46.5 Å². The first-order valence-corrected chi connectivity index (χ1v) is 23.7. The molecule has 0 radical (unpaired) electrons. The zero-order valence-electron chi connectivity index (χ0n) is 38.5. The molecule has 0 spiro atoms. The number of allylic oxidation sites excluding steroid dienone is 1. The van der Waals surface area contributed by atoms with Crippen molar-refractivity contribution in [1.29, 1.82) is 0 Å². The Balaban J connectivity index is 0.960. The van der Waals surface area contributed by atoms with Gasteiger partial charge in [0.1, 0.15) is 6.04 Å². The van der Waals surface area contributed by atoms with E-state index < -0.39 is 17.9 Å². The molecule has 4 aliphatic rings. The first-order valence-electron chi connectivity index (χ1n) is 23.7. The summed E-state index contributed by atoms with van der Waals surface area (Å²) < 4.78 is 12.4. The van der Waals surface area contributed by atoms with Gasteiger partial charge in [-0.25, -0.2) is 4.68 Å². The molecule has 14 nitrogen and oxygen atoms in total. The highest BCUT2D eigenvalue weighted by molar-refractivity contribution is 6.04. The molecule has 346 valence electrons. The van der Waals surface area contributed by atoms with E-state index in [1.54, 1.807) is 4.68 Å². The highest BCUT2D eigenvalue weighted by Gasteiger charge is 2.35. The van der Waals surface area contributed by atoms with Gasteiger partial charge >= 0.3 is 11.9 Å². The molecule has 7 rings (SSSR count). The van der Waals surface area contributed by atoms with Crippen molar-refractivity contribution in [2.45, 2.75) is 110 Å². The van der Waals surface area contributed by atoms with Gasteiger partial charge in [0.2, 0.25) is 11.8 Å². The van der Waals surface area contributed by atoms with Crippen molar-refractivity contribution in [3.63, 3.8) is 0 Å². The van der Waals surface area contributed by atoms with Crippen LogP contribution in [0.25, 0.3) is 17.0 Å². The molecular formula is C50H69N7O7. The Bertz CT molecular complexity index is 2160. The number of nitrogens with zero attached hydrogens (tertiary/aromatic N) is 6. The van der Waals surface area contributed by atoms with Gasteiger partial charge in [-0.2, -0.15) is 5.10 Å². The van der Waals surface area contributed by atoms with Crippen LogP contribution in [0.15, 0.2) is 48.2 Å². The van der Waals surface area contributed by atoms with Gasteiger partial charge in [-0.05, 0) is 130 Å². The van der Waals surface area contributed by atoms with Crippen molar-refractivity contribution in [3.8, 4) is 0 Å². The standard InChI is InChI=1S/C50H69N7O7/c1-34(2)47(51)50(62)63-25-9-5-6-12-46(60)64-33-57-32-41-28-36(26-35(3)48(41)52-57)27-40(49(61)56-23-21-54(22-24-56)42-15-17-53(4)18-16-42)31-45(59)55-19-13-37(14-20-55)43-29-38-10-7-8-11-39(38)30-44(43)58/h7-8,10-11,26,28-29,32,34,37,40,42,47H,5-6,9,12-25,27,30-31,33,51H2,1-4H3/t40-,47-/m0/s1. The summed E-state index contributed by atoms with van der Waals surface area (Å²) in [6, 6.07) is 12.1. The second-order valence-corrected chi connectivity index (χ2v) is 19.0. The van der Waals surface area contributed by atoms with Gasteiger partial charge in [0, 0.05) is 76.2 Å². The molecule has 3 aliphatic heterocycles. The summed E-state index contributed by atoms with van der Waals surface area (Å²) in [5, 5.41) is 5.58. The fraction of sp³-hybridized carbons (Fsp3) is 0.600. The molecule has 0 unspecified atom stereocenters. The van der Waals surface area contributed by atoms with E-state index in [9.17, 15) is 24.0 Å². The van der Waals surface area contributed by atoms with Gasteiger partial charge in [0.15, 0.2) is 12.5 Å². The number of aryl methyl sites for hydroxylation is 1. The summed E-state index contributed by atoms with van der Waals surface area (Å²) in [4.78, 5) is 75.2. The summed E-state index contributed by atoms with van der Waals surface area (Å²) in [5.41, 5.74) is 11.6. The third-order valence-corrected chi connectivity index (χ3v) is 13.9. The van der Waals surface area contributed by atoms with Gasteiger partial charge in [-0.1, -0.05) is 44.2 Å². The maximum atomic E-state index is 14.5. The third kappa shape index (κ3) is 12.0. The van der Waals surface area contributed by atoms with Crippen LogP contribution in [0.5, 0.6) is 0 Å². The number of piperazine rings is 1. The van der Waals surface area contributed by atoms with E-state index in [0.29, 0.717) is 64.3 Å². The first-order chi connectivity index (χ1) is 30.8. The van der Waals surface area contributed by atoms with Crippen LogP contribution in [0.2, 0.25) is 0 Å². The Labute approximate surface area is 378 Å². The van der Waals surface area contributed by atoms with E-state index in [2.05, 4.69) is 35.1 Å². The van der Waals surface area contributed by atoms with Gasteiger partial charge in [-0.15, -0.1) is 0 Å². The molecule has 0 bridgehead atoms. The van der Waals surface area contributed by atoms with Crippen molar-refractivity contribution in [2.24, 2.45) is 23.5 Å². The number of piperidine rings is 2. The van der Waals surface area contributed by atoms with Gasteiger partial charge in [0.05, 0.1) is 18.0 Å². The van der Waals surface area contributed by atoms with E-state index in [1.165, 1.54) is 0 Å². The average Bonchev–Trinajstić information content (AvgIpc) is 3.72. The van der Waals surface area contributed by atoms with Crippen LogP contribution in [0, 0.1) is 24.7 Å². The van der Waals surface area contributed by atoms with Crippen LogP contribution in [0.3, 0.4) is 0 Å². The van der Waals surface area contributed by atoms with Crippen molar-refractivity contribution in [1.82, 2.24) is 29.4 Å². The van der Waals surface area contributed by atoms with E-state index in [4.69, 9.17) is 20.3 Å². The topological polar surface area (TPSA) is 161 Å². The summed E-state index contributed by atoms with van der Waals surface area (Å²) in [7, 11) is 2.18. The Hall–Kier alpha value is -4.92. The molecule has 14 heteroatoms. The largest absolute Gasteiger partial charge is 0.465 e. The lowest BCUT2D eigenvalue weighted by Gasteiger charge is -2.43. The number of ketones is 1. The monoisotopic (exact) mass is 880 g/mol. The van der Waals surface area contributed by atoms with Crippen molar-refractivity contribution in [2.75, 3.05) is 66.0 Å². The average molecular weight is 880 g/mol. The number of carbonyl (C=O) groups excluding carboxylic acids is 5. The predicted octanol–water partition coefficient (Wildman–Crippen LogP) is 5.17. The van der Waals surface area contributed by atoms with Crippen LogP contribution in [-0.4, -0.2) is 137 Å². The Morgan fingerprint density at radius 2 is 1.61 bits per heavy atom. The SMILES string of the molecule is Cc1cc(C[C@@H](CC(=O)N2CCC(C3=Cc4ccccc4CC3=O)CC2)C(=O)N2CCN(C3CCN(C)CC3)CC2)cc2cn(COC(=O)CCCCCOC(=O)[C@@H](N)C(C)C)nc12. The van der Waals surface area contributed by atoms with Gasteiger partial charge in [0.25, 0.3) is 0 Å². The summed E-state index contributed by atoms with van der Waals surface area (Å²) in [6.07, 6.45) is 10.8. The number of unbranched alkanes of at least 4 members (excludes halogenated alkanes) is 2. The zero-order chi connectivity index (χ0) is 45.3. The molecule has 3 fully saturated rings. The molecule has 2 amide bonds. The number of Topliss-reactive ketones (excluding diaryl/α,β-unsaturated/α-hetero) is 1. The number of rotatable bonds is 17.